The van der Waals surface area contributed by atoms with Crippen LogP contribution in [0.25, 0.3) is 0 Å². The third kappa shape index (κ3) is 3.08. The van der Waals surface area contributed by atoms with Crippen LogP contribution in [0, 0.1) is 19.8 Å². The van der Waals surface area contributed by atoms with E-state index < -0.39 is 5.60 Å². The molecule has 0 saturated carbocycles. The Balaban J connectivity index is 1.62. The van der Waals surface area contributed by atoms with Crippen LogP contribution in [0.2, 0.25) is 0 Å². The van der Waals surface area contributed by atoms with Gasteiger partial charge in [0.1, 0.15) is 5.60 Å². The van der Waals surface area contributed by atoms with Crippen LogP contribution >= 0.6 is 0 Å². The van der Waals surface area contributed by atoms with Gasteiger partial charge in [0.2, 0.25) is 5.91 Å². The minimum Gasteiger partial charge on any atom is -0.383 e. The van der Waals surface area contributed by atoms with E-state index in [0.29, 0.717) is 12.8 Å². The van der Waals surface area contributed by atoms with E-state index in [9.17, 15) is 9.90 Å². The number of rotatable bonds is 5. The zero-order valence-corrected chi connectivity index (χ0v) is 14.5. The molecule has 1 aliphatic rings. The van der Waals surface area contributed by atoms with Crippen molar-refractivity contribution < 1.29 is 9.90 Å². The lowest BCUT2D eigenvalue weighted by atomic mass is 9.95. The molecule has 2 unspecified atom stereocenters. The van der Waals surface area contributed by atoms with Crippen LogP contribution in [0.5, 0.6) is 0 Å². The van der Waals surface area contributed by atoms with E-state index >= 15 is 0 Å². The van der Waals surface area contributed by atoms with Gasteiger partial charge < -0.3 is 10.4 Å². The number of nitrogens with one attached hydrogen (secondary N) is 2. The average Bonchev–Trinajstić information content (AvgIpc) is 3.08. The summed E-state index contributed by atoms with van der Waals surface area (Å²) in [6.45, 7) is 6.09. The number of fused-ring (bicyclic) bond motifs is 1. The van der Waals surface area contributed by atoms with Crippen LogP contribution < -0.4 is 5.32 Å². The molecular formula is C19H25N3O2. The highest BCUT2D eigenvalue weighted by Gasteiger charge is 2.36. The van der Waals surface area contributed by atoms with Crippen LogP contribution in [0.1, 0.15) is 41.4 Å². The molecule has 1 aliphatic carbocycles. The maximum Gasteiger partial charge on any atom is 0.223 e. The first-order chi connectivity index (χ1) is 11.4. The van der Waals surface area contributed by atoms with E-state index in [2.05, 4.69) is 15.5 Å². The van der Waals surface area contributed by atoms with Gasteiger partial charge in [0.25, 0.3) is 0 Å². The van der Waals surface area contributed by atoms with Gasteiger partial charge >= 0.3 is 0 Å². The van der Waals surface area contributed by atoms with Gasteiger partial charge in [-0.25, -0.2) is 0 Å². The highest BCUT2D eigenvalue weighted by molar-refractivity contribution is 5.78. The first kappa shape index (κ1) is 16.7. The van der Waals surface area contributed by atoms with Crippen molar-refractivity contribution in [1.29, 1.82) is 0 Å². The zero-order valence-electron chi connectivity index (χ0n) is 14.5. The van der Waals surface area contributed by atoms with Gasteiger partial charge in [-0.1, -0.05) is 31.2 Å². The maximum atomic E-state index is 12.4. The van der Waals surface area contributed by atoms with Gasteiger partial charge in [-0.15, -0.1) is 0 Å². The number of hydrogen-bond donors (Lipinski definition) is 3. The minimum absolute atomic E-state index is 0.0344. The first-order valence-corrected chi connectivity index (χ1v) is 8.49. The van der Waals surface area contributed by atoms with Crippen LogP contribution in [0.3, 0.4) is 0 Å². The molecule has 5 heteroatoms. The third-order valence-corrected chi connectivity index (χ3v) is 5.12. The number of H-pyrrole nitrogens is 1. The number of nitrogens with zero attached hydrogens (tertiary/aromatic N) is 1. The molecule has 24 heavy (non-hydrogen) atoms. The Labute approximate surface area is 142 Å². The molecule has 128 valence electrons. The molecule has 0 saturated heterocycles. The topological polar surface area (TPSA) is 78.0 Å². The van der Waals surface area contributed by atoms with E-state index in [4.69, 9.17) is 0 Å². The Morgan fingerprint density at radius 1 is 1.42 bits per heavy atom. The van der Waals surface area contributed by atoms with E-state index in [-0.39, 0.29) is 18.4 Å². The van der Waals surface area contributed by atoms with E-state index in [0.717, 1.165) is 28.9 Å². The molecule has 0 bridgehead atoms. The van der Waals surface area contributed by atoms with E-state index in [1.54, 1.807) is 0 Å². The molecule has 3 rings (SSSR count). The molecular weight excluding hydrogens is 302 g/mol. The number of aromatic nitrogens is 2. The van der Waals surface area contributed by atoms with Crippen molar-refractivity contribution in [3.63, 3.8) is 0 Å². The molecule has 0 fully saturated rings. The number of hydrogen-bond acceptors (Lipinski definition) is 3. The molecule has 0 radical (unpaired) electrons. The second-order valence-corrected chi connectivity index (χ2v) is 6.92. The van der Waals surface area contributed by atoms with Gasteiger partial charge in [0.05, 0.1) is 12.2 Å². The van der Waals surface area contributed by atoms with Gasteiger partial charge in [-0.05, 0) is 49.8 Å². The summed E-state index contributed by atoms with van der Waals surface area (Å²) in [5.41, 5.74) is 4.22. The van der Waals surface area contributed by atoms with Gasteiger partial charge in [0.15, 0.2) is 0 Å². The van der Waals surface area contributed by atoms with Crippen molar-refractivity contribution in [2.24, 2.45) is 5.92 Å². The summed E-state index contributed by atoms with van der Waals surface area (Å²) in [6.07, 6.45) is 2.15. The Morgan fingerprint density at radius 2 is 2.17 bits per heavy atom. The second kappa shape index (κ2) is 6.40. The van der Waals surface area contributed by atoms with E-state index in [1.807, 2.05) is 45.0 Å². The third-order valence-electron chi connectivity index (χ3n) is 5.12. The lowest BCUT2D eigenvalue weighted by molar-refractivity contribution is -0.125. The summed E-state index contributed by atoms with van der Waals surface area (Å²) in [7, 11) is 0. The van der Waals surface area contributed by atoms with Crippen molar-refractivity contribution in [2.45, 2.75) is 45.6 Å². The normalized spacial score (nSPS) is 20.7. The Morgan fingerprint density at radius 3 is 2.88 bits per heavy atom. The first-order valence-electron chi connectivity index (χ1n) is 8.49. The molecule has 2 atom stereocenters. The summed E-state index contributed by atoms with van der Waals surface area (Å²) in [6, 6.07) is 7.92. The predicted octanol–water partition coefficient (Wildman–Crippen LogP) is 2.16. The van der Waals surface area contributed by atoms with Crippen molar-refractivity contribution in [3.05, 3.63) is 52.3 Å². The molecule has 2 aromatic rings. The van der Waals surface area contributed by atoms with Crippen LogP contribution in [0.15, 0.2) is 24.3 Å². The van der Waals surface area contributed by atoms with Crippen LogP contribution in [-0.2, 0) is 23.2 Å². The predicted molar refractivity (Wildman–Crippen MR) is 92.6 cm³/mol. The molecule has 0 aliphatic heterocycles. The number of aliphatic hydroxyl groups is 1. The number of aromatic amines is 1. The minimum atomic E-state index is -0.951. The average molecular weight is 327 g/mol. The van der Waals surface area contributed by atoms with E-state index in [1.165, 1.54) is 5.56 Å². The molecule has 1 amide bonds. The van der Waals surface area contributed by atoms with Crippen molar-refractivity contribution in [2.75, 3.05) is 6.54 Å². The Bertz CT molecular complexity index is 733. The number of benzene rings is 1. The maximum absolute atomic E-state index is 12.4. The van der Waals surface area contributed by atoms with Crippen molar-refractivity contribution >= 4 is 5.91 Å². The summed E-state index contributed by atoms with van der Waals surface area (Å²) >= 11 is 0. The van der Waals surface area contributed by atoms with Crippen molar-refractivity contribution in [3.8, 4) is 0 Å². The monoisotopic (exact) mass is 327 g/mol. The standard InChI is InChI=1S/C19H25N3O2/c1-12(10-16-13(2)21-22-14(16)3)18(23)20-11-19(24)9-8-15-6-4-5-7-17(15)19/h4-7,12,24H,8-11H2,1-3H3,(H,20,23)(H,21,22). The van der Waals surface area contributed by atoms with Crippen molar-refractivity contribution in [1.82, 2.24) is 15.5 Å². The number of carbonyl (C=O) groups excluding carboxylic acids is 1. The summed E-state index contributed by atoms with van der Waals surface area (Å²) < 4.78 is 0. The lowest BCUT2D eigenvalue weighted by Crippen LogP contribution is -2.41. The van der Waals surface area contributed by atoms with Gasteiger partial charge in [0, 0.05) is 11.6 Å². The molecule has 1 heterocycles. The fourth-order valence-corrected chi connectivity index (χ4v) is 3.53. The molecule has 0 spiro atoms. The summed E-state index contributed by atoms with van der Waals surface area (Å²) in [4.78, 5) is 12.4. The summed E-state index contributed by atoms with van der Waals surface area (Å²) in [5, 5.41) is 21.0. The molecule has 3 N–H and O–H groups in total. The highest BCUT2D eigenvalue weighted by Crippen LogP contribution is 2.36. The Kier molecular flexibility index (Phi) is 4.45. The fraction of sp³-hybridized carbons (Fsp3) is 0.474. The Hall–Kier alpha value is -2.14. The SMILES string of the molecule is Cc1n[nH]c(C)c1CC(C)C(=O)NCC1(O)CCc2ccccc21. The van der Waals surface area contributed by atoms with Gasteiger partial charge in [-0.3, -0.25) is 9.89 Å². The summed E-state index contributed by atoms with van der Waals surface area (Å²) in [5.74, 6) is -0.201. The zero-order chi connectivity index (χ0) is 17.3. The molecule has 1 aromatic heterocycles. The fourth-order valence-electron chi connectivity index (χ4n) is 3.53. The number of amides is 1. The van der Waals surface area contributed by atoms with Gasteiger partial charge in [-0.2, -0.15) is 5.10 Å². The number of carbonyl (C=O) groups is 1. The quantitative estimate of drug-likeness (QED) is 0.787. The number of aryl methyl sites for hydroxylation is 3. The second-order valence-electron chi connectivity index (χ2n) is 6.92. The lowest BCUT2D eigenvalue weighted by Gasteiger charge is -2.25. The highest BCUT2D eigenvalue weighted by atomic mass is 16.3. The van der Waals surface area contributed by atoms with Crippen LogP contribution in [0.4, 0.5) is 0 Å². The molecule has 5 nitrogen and oxygen atoms in total. The largest absolute Gasteiger partial charge is 0.383 e. The smallest absolute Gasteiger partial charge is 0.223 e. The van der Waals surface area contributed by atoms with Crippen LogP contribution in [-0.4, -0.2) is 27.8 Å². The molecule has 1 aromatic carbocycles.